The fraction of sp³-hybridized carbons (Fsp3) is 0.273. The molecule has 0 fully saturated rings. The fourth-order valence-electron chi connectivity index (χ4n) is 2.20. The van der Waals surface area contributed by atoms with E-state index in [0.717, 1.165) is 12.1 Å². The van der Waals surface area contributed by atoms with Crippen LogP contribution in [0.3, 0.4) is 0 Å². The van der Waals surface area contributed by atoms with Gasteiger partial charge < -0.3 is 18.9 Å². The molecule has 10 nitrogen and oxygen atoms in total. The lowest BCUT2D eigenvalue weighted by Gasteiger charge is -2.13. The Hall–Kier alpha value is -3.50. The average Bonchev–Trinajstić information content (AvgIpc) is 2.77. The summed E-state index contributed by atoms with van der Waals surface area (Å²) in [6.07, 6.45) is 0. The summed E-state index contributed by atoms with van der Waals surface area (Å²) in [6, 6.07) is 1.70. The van der Waals surface area contributed by atoms with Crippen LogP contribution in [0.5, 0.6) is 0 Å². The van der Waals surface area contributed by atoms with Crippen LogP contribution in [0.1, 0.15) is 55.3 Å². The van der Waals surface area contributed by atoms with Crippen molar-refractivity contribution in [2.75, 3.05) is 26.4 Å². The molecular weight excluding hydrogens is 495 g/mol. The number of rotatable bonds is 12. The molecule has 1 aromatic rings. The van der Waals surface area contributed by atoms with Crippen molar-refractivity contribution in [3.8, 4) is 0 Å². The maximum atomic E-state index is 12.5. The van der Waals surface area contributed by atoms with Gasteiger partial charge in [-0.05, 0) is 49.2 Å². The first-order valence-electron chi connectivity index (χ1n) is 9.44. The Kier molecular flexibility index (Phi) is 11.1. The molecule has 0 bridgehead atoms. The van der Waals surface area contributed by atoms with Crippen LogP contribution in [0.25, 0.3) is 0 Å². The molecular formula is C22H20Cl2O10. The van der Waals surface area contributed by atoms with E-state index in [-0.39, 0.29) is 24.4 Å². The molecule has 0 amide bonds. The molecule has 1 rings (SSSR count). The summed E-state index contributed by atoms with van der Waals surface area (Å²) in [5.41, 5.74) is -1.56. The van der Waals surface area contributed by atoms with Gasteiger partial charge in [-0.2, -0.15) is 0 Å². The van der Waals surface area contributed by atoms with E-state index in [4.69, 9.17) is 42.1 Å². The minimum absolute atomic E-state index is 0.139. The summed E-state index contributed by atoms with van der Waals surface area (Å²) in [5, 5.41) is -2.27. The number of carbonyl (C=O) groups excluding carboxylic acids is 6. The summed E-state index contributed by atoms with van der Waals surface area (Å²) in [6.45, 7) is 8.25. The van der Waals surface area contributed by atoms with E-state index in [0.29, 0.717) is 0 Å². The van der Waals surface area contributed by atoms with Crippen LogP contribution in [-0.4, -0.2) is 60.8 Å². The molecule has 12 heteroatoms. The number of benzene rings is 1. The summed E-state index contributed by atoms with van der Waals surface area (Å²) in [5.74, 6) is -3.60. The molecule has 1 aromatic carbocycles. The highest BCUT2D eigenvalue weighted by Crippen LogP contribution is 2.23. The van der Waals surface area contributed by atoms with E-state index in [2.05, 4.69) is 13.2 Å². The van der Waals surface area contributed by atoms with E-state index < -0.39 is 69.8 Å². The summed E-state index contributed by atoms with van der Waals surface area (Å²) < 4.78 is 19.4. The quantitative estimate of drug-likeness (QED) is 0.134. The predicted octanol–water partition coefficient (Wildman–Crippen LogP) is 3.00. The van der Waals surface area contributed by atoms with Gasteiger partial charge in [-0.15, -0.1) is 0 Å². The third kappa shape index (κ3) is 8.45. The summed E-state index contributed by atoms with van der Waals surface area (Å²) in [7, 11) is 0. The topological polar surface area (TPSA) is 139 Å². The van der Waals surface area contributed by atoms with Gasteiger partial charge >= 0.3 is 23.9 Å². The van der Waals surface area contributed by atoms with Crippen LogP contribution in [0, 0.1) is 0 Å². The second-order valence-electron chi connectivity index (χ2n) is 6.60. The minimum Gasteiger partial charge on any atom is -0.459 e. The lowest BCUT2D eigenvalue weighted by Crippen LogP contribution is -2.19. The van der Waals surface area contributed by atoms with E-state index in [1.54, 1.807) is 0 Å². The van der Waals surface area contributed by atoms with Gasteiger partial charge in [0, 0.05) is 22.3 Å². The van der Waals surface area contributed by atoms with Crippen molar-refractivity contribution in [1.29, 1.82) is 0 Å². The molecule has 0 heterocycles. The molecule has 0 aliphatic rings. The lowest BCUT2D eigenvalue weighted by molar-refractivity contribution is -0.140. The van der Waals surface area contributed by atoms with Crippen LogP contribution < -0.4 is 0 Å². The normalized spacial score (nSPS) is 10.0. The molecule has 0 atom stereocenters. The van der Waals surface area contributed by atoms with Crippen molar-refractivity contribution in [2.45, 2.75) is 13.8 Å². The number of halogens is 2. The number of carbonyl (C=O) groups is 6. The molecule has 0 aliphatic heterocycles. The number of esters is 4. The van der Waals surface area contributed by atoms with Gasteiger partial charge in [0.1, 0.15) is 26.4 Å². The first kappa shape index (κ1) is 28.5. The van der Waals surface area contributed by atoms with Gasteiger partial charge in [-0.25, -0.2) is 19.2 Å². The van der Waals surface area contributed by atoms with Crippen molar-refractivity contribution in [2.24, 2.45) is 0 Å². The standard InChI is InChI=1S/C22H20Cl2O10/c1-11(2)19(27)31-5-7-33-21(29)15-10-16(14(18(24)26)9-13(15)17(23)25)22(30)34-8-6-32-20(28)12(3)4/h9-10H,1,3,5-8H2,2,4H3. The van der Waals surface area contributed by atoms with Gasteiger partial charge in [0.25, 0.3) is 10.5 Å². The number of hydrogen-bond donors (Lipinski definition) is 0. The first-order chi connectivity index (χ1) is 15.9. The smallest absolute Gasteiger partial charge is 0.339 e. The second-order valence-corrected chi connectivity index (χ2v) is 7.28. The minimum atomic E-state index is -1.13. The lowest BCUT2D eigenvalue weighted by atomic mass is 9.99. The summed E-state index contributed by atoms with van der Waals surface area (Å²) in [4.78, 5) is 71.3. The van der Waals surface area contributed by atoms with Crippen molar-refractivity contribution < 1.29 is 47.7 Å². The van der Waals surface area contributed by atoms with Crippen molar-refractivity contribution in [1.82, 2.24) is 0 Å². The van der Waals surface area contributed by atoms with Gasteiger partial charge in [-0.1, -0.05) is 13.2 Å². The first-order valence-corrected chi connectivity index (χ1v) is 10.2. The summed E-state index contributed by atoms with van der Waals surface area (Å²) >= 11 is 11.0. The number of ether oxygens (including phenoxy) is 4. The molecule has 0 saturated carbocycles. The van der Waals surface area contributed by atoms with Crippen molar-refractivity contribution >= 4 is 57.6 Å². The van der Waals surface area contributed by atoms with Crippen LogP contribution in [-0.2, 0) is 28.5 Å². The van der Waals surface area contributed by atoms with E-state index in [9.17, 15) is 28.8 Å². The highest BCUT2D eigenvalue weighted by molar-refractivity contribution is 6.69. The van der Waals surface area contributed by atoms with Gasteiger partial charge in [0.15, 0.2) is 0 Å². The molecule has 0 saturated heterocycles. The molecule has 0 aliphatic carbocycles. The second kappa shape index (κ2) is 13.3. The predicted molar refractivity (Wildman–Crippen MR) is 119 cm³/mol. The van der Waals surface area contributed by atoms with E-state index >= 15 is 0 Å². The largest absolute Gasteiger partial charge is 0.459 e. The Balaban J connectivity index is 3.07. The molecule has 182 valence electrons. The zero-order valence-electron chi connectivity index (χ0n) is 18.2. The maximum absolute atomic E-state index is 12.5. The molecule has 0 aromatic heterocycles. The monoisotopic (exact) mass is 514 g/mol. The molecule has 34 heavy (non-hydrogen) atoms. The zero-order valence-corrected chi connectivity index (χ0v) is 19.7. The third-order valence-electron chi connectivity index (χ3n) is 3.82. The SMILES string of the molecule is C=C(C)C(=O)OCCOC(=O)c1cc(C(=O)OCCOC(=O)C(=C)C)c(C(=O)Cl)cc1C(=O)Cl. The van der Waals surface area contributed by atoms with Crippen LogP contribution >= 0.6 is 23.2 Å². The Labute approximate surface area is 204 Å². The molecule has 0 spiro atoms. The van der Waals surface area contributed by atoms with Gasteiger partial charge in [0.2, 0.25) is 0 Å². The zero-order chi connectivity index (χ0) is 26.0. The Morgan fingerprint density at radius 2 is 0.912 bits per heavy atom. The fourth-order valence-corrected chi connectivity index (χ4v) is 2.51. The molecule has 0 N–H and O–H groups in total. The Bertz CT molecular complexity index is 979. The highest BCUT2D eigenvalue weighted by Gasteiger charge is 2.26. The Morgan fingerprint density at radius 1 is 0.618 bits per heavy atom. The average molecular weight is 515 g/mol. The van der Waals surface area contributed by atoms with Crippen molar-refractivity contribution in [3.63, 3.8) is 0 Å². The van der Waals surface area contributed by atoms with Crippen LogP contribution in [0.2, 0.25) is 0 Å². The Morgan fingerprint density at radius 3 is 1.21 bits per heavy atom. The van der Waals surface area contributed by atoms with Gasteiger partial charge in [-0.3, -0.25) is 9.59 Å². The highest BCUT2D eigenvalue weighted by atomic mass is 35.5. The van der Waals surface area contributed by atoms with E-state index in [1.165, 1.54) is 13.8 Å². The van der Waals surface area contributed by atoms with E-state index in [1.807, 2.05) is 0 Å². The third-order valence-corrected chi connectivity index (χ3v) is 4.22. The number of hydrogen-bond acceptors (Lipinski definition) is 10. The molecule has 0 unspecified atom stereocenters. The molecule has 0 radical (unpaired) electrons. The van der Waals surface area contributed by atoms with Crippen LogP contribution in [0.4, 0.5) is 0 Å². The van der Waals surface area contributed by atoms with Gasteiger partial charge in [0.05, 0.1) is 11.1 Å². The van der Waals surface area contributed by atoms with Crippen molar-refractivity contribution in [3.05, 3.63) is 58.7 Å². The maximum Gasteiger partial charge on any atom is 0.339 e. The van der Waals surface area contributed by atoms with Crippen LogP contribution in [0.15, 0.2) is 36.4 Å².